The highest BCUT2D eigenvalue weighted by Gasteiger charge is 2.24. The summed E-state index contributed by atoms with van der Waals surface area (Å²) >= 11 is 1.60. The molecular weight excluding hydrogens is 276 g/mol. The second-order valence-corrected chi connectivity index (χ2v) is 5.80. The van der Waals surface area contributed by atoms with Gasteiger partial charge in [-0.25, -0.2) is 0 Å². The first-order valence-electron chi connectivity index (χ1n) is 6.65. The van der Waals surface area contributed by atoms with Gasteiger partial charge in [0.1, 0.15) is 0 Å². The van der Waals surface area contributed by atoms with Crippen LogP contribution in [0.2, 0.25) is 0 Å². The zero-order valence-corrected chi connectivity index (χ0v) is 11.9. The van der Waals surface area contributed by atoms with Crippen molar-refractivity contribution in [3.63, 3.8) is 0 Å². The average molecular weight is 292 g/mol. The van der Waals surface area contributed by atoms with E-state index in [9.17, 15) is 4.79 Å². The van der Waals surface area contributed by atoms with Crippen LogP contribution in [0, 0.1) is 0 Å². The Kier molecular flexibility index (Phi) is 3.79. The largest absolute Gasteiger partial charge is 0.342 e. The Morgan fingerprint density at radius 1 is 1.65 bits per heavy atom. The summed E-state index contributed by atoms with van der Waals surface area (Å²) in [5, 5.41) is 11.9. The van der Waals surface area contributed by atoms with E-state index in [2.05, 4.69) is 20.8 Å². The molecule has 0 spiro atoms. The Morgan fingerprint density at radius 2 is 2.55 bits per heavy atom. The monoisotopic (exact) mass is 292 g/mol. The van der Waals surface area contributed by atoms with Gasteiger partial charge in [0, 0.05) is 4.88 Å². The third kappa shape index (κ3) is 2.73. The van der Waals surface area contributed by atoms with Crippen molar-refractivity contribution < 1.29 is 9.32 Å². The number of thiophene rings is 1. The minimum absolute atomic E-state index is 0.0611. The maximum Gasteiger partial charge on any atom is 0.293 e. The quantitative estimate of drug-likeness (QED) is 0.901. The molecule has 1 aliphatic rings. The van der Waals surface area contributed by atoms with Gasteiger partial charge < -0.3 is 15.2 Å². The number of nitrogens with zero attached hydrogens (tertiary/aromatic N) is 2. The molecule has 106 valence electrons. The van der Waals surface area contributed by atoms with Gasteiger partial charge in [0.15, 0.2) is 0 Å². The number of hydrogen-bond acceptors (Lipinski definition) is 6. The van der Waals surface area contributed by atoms with Gasteiger partial charge in [-0.15, -0.1) is 11.3 Å². The van der Waals surface area contributed by atoms with E-state index >= 15 is 0 Å². The van der Waals surface area contributed by atoms with Crippen LogP contribution in [0.5, 0.6) is 0 Å². The normalized spacial score (nSPS) is 19.9. The van der Waals surface area contributed by atoms with Gasteiger partial charge in [-0.1, -0.05) is 11.2 Å². The van der Waals surface area contributed by atoms with Crippen LogP contribution in [0.15, 0.2) is 22.0 Å². The lowest BCUT2D eigenvalue weighted by molar-refractivity contribution is 0.0927. The molecule has 20 heavy (non-hydrogen) atoms. The summed E-state index contributed by atoms with van der Waals surface area (Å²) in [6.45, 7) is 2.88. The molecule has 7 heteroatoms. The molecule has 0 bridgehead atoms. The first kappa shape index (κ1) is 13.3. The summed E-state index contributed by atoms with van der Waals surface area (Å²) in [6, 6.07) is 3.97. The van der Waals surface area contributed by atoms with Gasteiger partial charge in [-0.2, -0.15) is 4.98 Å². The van der Waals surface area contributed by atoms with E-state index in [0.29, 0.717) is 5.89 Å². The van der Waals surface area contributed by atoms with E-state index < -0.39 is 0 Å². The second-order valence-electron chi connectivity index (χ2n) is 4.82. The van der Waals surface area contributed by atoms with Gasteiger partial charge in [0.2, 0.25) is 5.89 Å². The zero-order valence-electron chi connectivity index (χ0n) is 11.1. The molecule has 0 radical (unpaired) electrons. The third-order valence-electron chi connectivity index (χ3n) is 3.32. The van der Waals surface area contributed by atoms with Crippen LogP contribution in [-0.4, -0.2) is 22.6 Å². The van der Waals surface area contributed by atoms with E-state index in [1.807, 2.05) is 24.4 Å². The van der Waals surface area contributed by atoms with Gasteiger partial charge in [0.05, 0.1) is 12.1 Å². The number of aromatic nitrogens is 2. The Morgan fingerprint density at radius 3 is 3.25 bits per heavy atom. The van der Waals surface area contributed by atoms with Crippen LogP contribution < -0.4 is 10.6 Å². The number of nitrogens with one attached hydrogen (secondary N) is 2. The average Bonchev–Trinajstić information content (AvgIpc) is 3.19. The van der Waals surface area contributed by atoms with Crippen molar-refractivity contribution in [2.45, 2.75) is 31.8 Å². The summed E-state index contributed by atoms with van der Waals surface area (Å²) in [5.74, 6) is 0.285. The van der Waals surface area contributed by atoms with Gasteiger partial charge in [0.25, 0.3) is 11.7 Å². The Bertz CT molecular complexity index is 575. The number of hydrogen-bond donors (Lipinski definition) is 2. The lowest BCUT2D eigenvalue weighted by Crippen LogP contribution is -2.27. The molecular formula is C13H16N4O2S. The number of amides is 1. The summed E-state index contributed by atoms with van der Waals surface area (Å²) in [6.07, 6.45) is 2.05. The molecule has 2 aromatic rings. The fourth-order valence-corrected chi connectivity index (χ4v) is 2.97. The van der Waals surface area contributed by atoms with Crippen molar-refractivity contribution in [3.05, 3.63) is 34.1 Å². The van der Waals surface area contributed by atoms with Crippen molar-refractivity contribution in [2.75, 3.05) is 6.54 Å². The first-order chi connectivity index (χ1) is 9.74. The van der Waals surface area contributed by atoms with Crippen molar-refractivity contribution in [1.82, 2.24) is 20.8 Å². The lowest BCUT2D eigenvalue weighted by Gasteiger charge is -2.09. The molecule has 1 saturated heterocycles. The predicted molar refractivity (Wildman–Crippen MR) is 74.5 cm³/mol. The lowest BCUT2D eigenvalue weighted by atomic mass is 10.2. The second kappa shape index (κ2) is 5.72. The maximum atomic E-state index is 12.1. The fraction of sp³-hybridized carbons (Fsp3) is 0.462. The number of carbonyl (C=O) groups is 1. The van der Waals surface area contributed by atoms with Gasteiger partial charge >= 0.3 is 0 Å². The predicted octanol–water partition coefficient (Wildman–Crippen LogP) is 2.05. The standard InChI is InChI=1S/C13H16N4O2S/c1-8(10-5-3-7-20-10)15-12(18)11-16-13(19-17-11)9-4-2-6-14-9/h3,5,7-9,14H,2,4,6H2,1H3,(H,15,18)/t8-,9?/m0/s1. The molecule has 3 heterocycles. The molecule has 1 aliphatic heterocycles. The molecule has 0 aliphatic carbocycles. The molecule has 6 nitrogen and oxygen atoms in total. The van der Waals surface area contributed by atoms with Crippen LogP contribution in [0.25, 0.3) is 0 Å². The molecule has 2 atom stereocenters. The molecule has 2 aromatic heterocycles. The Hall–Kier alpha value is -1.73. The van der Waals surface area contributed by atoms with Crippen LogP contribution in [-0.2, 0) is 0 Å². The summed E-state index contributed by atoms with van der Waals surface area (Å²) in [7, 11) is 0. The van der Waals surface area contributed by atoms with Crippen molar-refractivity contribution in [1.29, 1.82) is 0 Å². The van der Waals surface area contributed by atoms with E-state index in [1.165, 1.54) is 0 Å². The van der Waals surface area contributed by atoms with E-state index in [4.69, 9.17) is 4.52 Å². The van der Waals surface area contributed by atoms with Crippen molar-refractivity contribution in [2.24, 2.45) is 0 Å². The van der Waals surface area contributed by atoms with Crippen molar-refractivity contribution in [3.8, 4) is 0 Å². The fourth-order valence-electron chi connectivity index (χ4n) is 2.23. The molecule has 0 saturated carbocycles. The van der Waals surface area contributed by atoms with Gasteiger partial charge in [-0.3, -0.25) is 4.79 Å². The molecule has 2 N–H and O–H groups in total. The molecule has 0 aromatic carbocycles. The zero-order chi connectivity index (χ0) is 13.9. The molecule has 1 fully saturated rings. The van der Waals surface area contributed by atoms with Crippen molar-refractivity contribution >= 4 is 17.2 Å². The summed E-state index contributed by atoms with van der Waals surface area (Å²) in [4.78, 5) is 17.3. The van der Waals surface area contributed by atoms with E-state index in [-0.39, 0.29) is 23.8 Å². The number of rotatable bonds is 4. The highest BCUT2D eigenvalue weighted by molar-refractivity contribution is 7.10. The molecule has 1 amide bonds. The minimum atomic E-state index is -0.307. The highest BCUT2D eigenvalue weighted by Crippen LogP contribution is 2.22. The van der Waals surface area contributed by atoms with E-state index in [1.54, 1.807) is 11.3 Å². The van der Waals surface area contributed by atoms with Crippen LogP contribution in [0.1, 0.15) is 53.2 Å². The molecule has 3 rings (SSSR count). The highest BCUT2D eigenvalue weighted by atomic mass is 32.1. The Balaban J connectivity index is 1.65. The first-order valence-corrected chi connectivity index (χ1v) is 7.53. The maximum absolute atomic E-state index is 12.1. The topological polar surface area (TPSA) is 80.0 Å². The van der Waals surface area contributed by atoms with E-state index in [0.717, 1.165) is 24.3 Å². The minimum Gasteiger partial charge on any atom is -0.342 e. The Labute approximate surface area is 120 Å². The summed E-state index contributed by atoms with van der Waals surface area (Å²) < 4.78 is 5.16. The van der Waals surface area contributed by atoms with Crippen LogP contribution >= 0.6 is 11.3 Å². The SMILES string of the molecule is C[C@H](NC(=O)c1noc(C2CCCN2)n1)c1cccs1. The van der Waals surface area contributed by atoms with Gasteiger partial charge in [-0.05, 0) is 37.8 Å². The summed E-state index contributed by atoms with van der Waals surface area (Å²) in [5.41, 5.74) is 0. The van der Waals surface area contributed by atoms with Crippen LogP contribution in [0.4, 0.5) is 0 Å². The third-order valence-corrected chi connectivity index (χ3v) is 4.38. The molecule has 1 unspecified atom stereocenters. The van der Waals surface area contributed by atoms with Crippen LogP contribution in [0.3, 0.4) is 0 Å². The number of carbonyl (C=O) groups excluding carboxylic acids is 1. The smallest absolute Gasteiger partial charge is 0.293 e.